The number of ether oxygens (including phenoxy) is 1. The second-order valence-corrected chi connectivity index (χ2v) is 8.97. The number of aromatic amines is 1. The number of urea groups is 1. The molecule has 2 amide bonds. The third-order valence-corrected chi connectivity index (χ3v) is 6.45. The fraction of sp³-hybridized carbons (Fsp3) is 0.667. The number of nitrogens with zero attached hydrogens (tertiary/aromatic N) is 4. The van der Waals surface area contributed by atoms with Crippen molar-refractivity contribution in [2.45, 2.75) is 64.0 Å². The standard InChI is InChI=1S/C18H26N6O2S/c1-18(2)8-7-12-14(18)20-16(27-12)21-17(25)24-9-5-4-6-11(24)15-19-13(10-26-3)22-23-15/h11H,4-10H2,1-3H3,(H,19,22,23)(H,20,21,25). The molecule has 1 saturated heterocycles. The Kier molecular flexibility index (Phi) is 4.90. The van der Waals surface area contributed by atoms with Crippen molar-refractivity contribution in [1.82, 2.24) is 25.1 Å². The molecule has 0 aromatic carbocycles. The van der Waals surface area contributed by atoms with Gasteiger partial charge in [0.25, 0.3) is 0 Å². The third-order valence-electron chi connectivity index (χ3n) is 5.42. The number of thiazole rings is 1. The van der Waals surface area contributed by atoms with E-state index in [0.29, 0.717) is 29.9 Å². The van der Waals surface area contributed by atoms with Gasteiger partial charge in [0.05, 0.1) is 11.7 Å². The Morgan fingerprint density at radius 2 is 2.26 bits per heavy atom. The molecule has 1 unspecified atom stereocenters. The number of aromatic nitrogens is 4. The molecular weight excluding hydrogens is 364 g/mol. The van der Waals surface area contributed by atoms with Crippen LogP contribution >= 0.6 is 11.3 Å². The van der Waals surface area contributed by atoms with E-state index in [1.54, 1.807) is 18.4 Å². The van der Waals surface area contributed by atoms with E-state index < -0.39 is 0 Å². The number of amides is 2. The summed E-state index contributed by atoms with van der Waals surface area (Å²) < 4.78 is 5.09. The zero-order valence-electron chi connectivity index (χ0n) is 16.0. The van der Waals surface area contributed by atoms with E-state index in [1.165, 1.54) is 4.88 Å². The number of hydrogen-bond acceptors (Lipinski definition) is 6. The number of fused-ring (bicyclic) bond motifs is 1. The zero-order chi connectivity index (χ0) is 19.0. The predicted octanol–water partition coefficient (Wildman–Crippen LogP) is 3.39. The van der Waals surface area contributed by atoms with Crippen molar-refractivity contribution < 1.29 is 9.53 Å². The number of H-pyrrole nitrogens is 1. The fourth-order valence-corrected chi connectivity index (χ4v) is 5.05. The van der Waals surface area contributed by atoms with Crippen molar-refractivity contribution in [3.63, 3.8) is 0 Å². The maximum atomic E-state index is 13.0. The summed E-state index contributed by atoms with van der Waals surface area (Å²) in [4.78, 5) is 25.3. The van der Waals surface area contributed by atoms with Gasteiger partial charge in [0, 0.05) is 23.9 Å². The monoisotopic (exact) mass is 390 g/mol. The number of rotatable bonds is 4. The zero-order valence-corrected chi connectivity index (χ0v) is 16.9. The van der Waals surface area contributed by atoms with E-state index in [1.807, 2.05) is 4.90 Å². The van der Waals surface area contributed by atoms with Crippen LogP contribution in [0.15, 0.2) is 0 Å². The molecule has 8 nitrogen and oxygen atoms in total. The molecule has 27 heavy (non-hydrogen) atoms. The summed E-state index contributed by atoms with van der Waals surface area (Å²) in [6, 6.07) is -0.244. The largest absolute Gasteiger partial charge is 0.377 e. The Hall–Kier alpha value is -2.00. The minimum Gasteiger partial charge on any atom is -0.377 e. The lowest BCUT2D eigenvalue weighted by atomic mass is 9.91. The number of nitrogens with one attached hydrogen (secondary N) is 2. The molecule has 1 atom stereocenters. The number of hydrogen-bond donors (Lipinski definition) is 2. The summed E-state index contributed by atoms with van der Waals surface area (Å²) in [5.74, 6) is 1.33. The minimum atomic E-state index is -0.122. The second-order valence-electron chi connectivity index (χ2n) is 7.88. The average molecular weight is 391 g/mol. The van der Waals surface area contributed by atoms with Gasteiger partial charge in [0.2, 0.25) is 0 Å². The summed E-state index contributed by atoms with van der Waals surface area (Å²) in [6.07, 6.45) is 5.07. The predicted molar refractivity (Wildman–Crippen MR) is 103 cm³/mol. The first-order valence-electron chi connectivity index (χ1n) is 9.46. The van der Waals surface area contributed by atoms with E-state index >= 15 is 0 Å². The van der Waals surface area contributed by atoms with Crippen molar-refractivity contribution >= 4 is 22.5 Å². The van der Waals surface area contributed by atoms with Gasteiger partial charge in [-0.2, -0.15) is 5.10 Å². The Labute approximate surface area is 162 Å². The molecule has 0 bridgehead atoms. The van der Waals surface area contributed by atoms with Crippen molar-refractivity contribution in [3.05, 3.63) is 22.2 Å². The first kappa shape index (κ1) is 18.4. The molecule has 2 aliphatic rings. The molecule has 0 radical (unpaired) electrons. The number of carbonyl (C=O) groups is 1. The molecule has 1 aliphatic heterocycles. The first-order chi connectivity index (χ1) is 13.0. The lowest BCUT2D eigenvalue weighted by Gasteiger charge is -2.33. The molecule has 1 fully saturated rings. The van der Waals surface area contributed by atoms with Gasteiger partial charge in [0.15, 0.2) is 16.8 Å². The Balaban J connectivity index is 1.49. The van der Waals surface area contributed by atoms with Gasteiger partial charge in [0.1, 0.15) is 6.61 Å². The fourth-order valence-electron chi connectivity index (χ4n) is 3.91. The van der Waals surface area contributed by atoms with Gasteiger partial charge in [-0.25, -0.2) is 14.8 Å². The molecule has 2 aromatic rings. The number of methoxy groups -OCH3 is 1. The highest BCUT2D eigenvalue weighted by molar-refractivity contribution is 7.16. The summed E-state index contributed by atoms with van der Waals surface area (Å²) in [6.45, 7) is 5.50. The molecule has 2 N–H and O–H groups in total. The highest BCUT2D eigenvalue weighted by atomic mass is 32.1. The highest BCUT2D eigenvalue weighted by Crippen LogP contribution is 2.42. The van der Waals surface area contributed by atoms with E-state index in [9.17, 15) is 4.79 Å². The molecular formula is C18H26N6O2S. The smallest absolute Gasteiger partial charge is 0.324 e. The van der Waals surface area contributed by atoms with Gasteiger partial charge < -0.3 is 9.64 Å². The Morgan fingerprint density at radius 3 is 3.04 bits per heavy atom. The minimum absolute atomic E-state index is 0.0964. The lowest BCUT2D eigenvalue weighted by Crippen LogP contribution is -2.41. The molecule has 9 heteroatoms. The van der Waals surface area contributed by atoms with Gasteiger partial charge in [-0.05, 0) is 32.1 Å². The van der Waals surface area contributed by atoms with Crippen LogP contribution in [-0.4, -0.2) is 44.8 Å². The van der Waals surface area contributed by atoms with Crippen LogP contribution in [-0.2, 0) is 23.2 Å². The summed E-state index contributed by atoms with van der Waals surface area (Å²) in [5, 5.41) is 10.9. The Morgan fingerprint density at radius 1 is 1.41 bits per heavy atom. The van der Waals surface area contributed by atoms with Crippen LogP contribution in [0.1, 0.15) is 67.8 Å². The number of carbonyl (C=O) groups excluding carboxylic acids is 1. The van der Waals surface area contributed by atoms with Crippen LogP contribution in [0.2, 0.25) is 0 Å². The van der Waals surface area contributed by atoms with E-state index in [-0.39, 0.29) is 17.5 Å². The SMILES string of the molecule is COCc1nc(C2CCCCN2C(=O)Nc2nc3c(s2)CCC3(C)C)n[nH]1. The van der Waals surface area contributed by atoms with Crippen LogP contribution in [0, 0.1) is 0 Å². The van der Waals surface area contributed by atoms with E-state index in [2.05, 4.69) is 34.3 Å². The molecule has 146 valence electrons. The van der Waals surface area contributed by atoms with E-state index in [4.69, 9.17) is 9.72 Å². The number of anilines is 1. The first-order valence-corrected chi connectivity index (χ1v) is 10.3. The van der Waals surface area contributed by atoms with Gasteiger partial charge in [-0.15, -0.1) is 11.3 Å². The normalized spacial score (nSPS) is 21.3. The number of piperidine rings is 1. The second kappa shape index (κ2) is 7.20. The van der Waals surface area contributed by atoms with Crippen molar-refractivity contribution in [1.29, 1.82) is 0 Å². The maximum Gasteiger partial charge on any atom is 0.324 e. The highest BCUT2D eigenvalue weighted by Gasteiger charge is 2.35. The van der Waals surface area contributed by atoms with Crippen molar-refractivity contribution in [2.24, 2.45) is 0 Å². The molecule has 0 saturated carbocycles. The van der Waals surface area contributed by atoms with Crippen LogP contribution in [0.4, 0.5) is 9.93 Å². The van der Waals surface area contributed by atoms with Crippen LogP contribution < -0.4 is 5.32 Å². The number of likely N-dealkylation sites (tertiary alicyclic amines) is 1. The van der Waals surface area contributed by atoms with Crippen LogP contribution in [0.25, 0.3) is 0 Å². The topological polar surface area (TPSA) is 96.0 Å². The van der Waals surface area contributed by atoms with Gasteiger partial charge in [-0.1, -0.05) is 13.8 Å². The van der Waals surface area contributed by atoms with Gasteiger partial charge >= 0.3 is 6.03 Å². The van der Waals surface area contributed by atoms with Gasteiger partial charge in [-0.3, -0.25) is 10.4 Å². The van der Waals surface area contributed by atoms with Crippen molar-refractivity contribution in [3.8, 4) is 0 Å². The Bertz CT molecular complexity index is 830. The van der Waals surface area contributed by atoms with E-state index in [0.717, 1.165) is 37.8 Å². The molecule has 2 aromatic heterocycles. The molecule has 4 rings (SSSR count). The summed E-state index contributed by atoms with van der Waals surface area (Å²) in [5.41, 5.74) is 1.23. The maximum absolute atomic E-state index is 13.0. The number of aryl methyl sites for hydroxylation is 1. The van der Waals surface area contributed by atoms with Crippen LogP contribution in [0.3, 0.4) is 0 Å². The lowest BCUT2D eigenvalue weighted by molar-refractivity contribution is 0.159. The summed E-state index contributed by atoms with van der Waals surface area (Å²) in [7, 11) is 1.62. The molecule has 0 spiro atoms. The molecule has 1 aliphatic carbocycles. The van der Waals surface area contributed by atoms with Crippen molar-refractivity contribution in [2.75, 3.05) is 19.0 Å². The third kappa shape index (κ3) is 3.58. The average Bonchev–Trinajstić information content (AvgIpc) is 3.33. The van der Waals surface area contributed by atoms with Crippen LogP contribution in [0.5, 0.6) is 0 Å². The molecule has 3 heterocycles. The quantitative estimate of drug-likeness (QED) is 0.834. The summed E-state index contributed by atoms with van der Waals surface area (Å²) >= 11 is 1.60.